The van der Waals surface area contributed by atoms with Gasteiger partial charge in [0.25, 0.3) is 11.8 Å². The zero-order chi connectivity index (χ0) is 34.0. The van der Waals surface area contributed by atoms with E-state index < -0.39 is 23.0 Å². The van der Waals surface area contributed by atoms with Crippen LogP contribution in [0.5, 0.6) is 0 Å². The quantitative estimate of drug-likeness (QED) is 0.0811. The fourth-order valence-electron chi connectivity index (χ4n) is 4.51. The number of benzene rings is 5. The van der Waals surface area contributed by atoms with Gasteiger partial charge in [-0.1, -0.05) is 83.9 Å². The Labute approximate surface area is 290 Å². The van der Waals surface area contributed by atoms with Gasteiger partial charge in [-0.2, -0.15) is 0 Å². The minimum Gasteiger partial charge on any atom is -0.478 e. The van der Waals surface area contributed by atoms with Gasteiger partial charge in [-0.05, 0) is 83.9 Å². The Morgan fingerprint density at radius 2 is 1.35 bits per heavy atom. The topological polar surface area (TPSA) is 125 Å². The summed E-state index contributed by atoms with van der Waals surface area (Å²) >= 11 is 13.7. The number of rotatable bonds is 11. The van der Waals surface area contributed by atoms with Crippen molar-refractivity contribution >= 4 is 76.1 Å². The molecule has 4 N–H and O–H groups in total. The number of hydrogen-bond acceptors (Lipinski definition) is 5. The molecule has 3 amide bonds. The number of carbonyl (C=O) groups excluding carboxylic acids is 3. The molecule has 0 bridgehead atoms. The molecule has 5 aromatic rings. The minimum atomic E-state index is -1.10. The van der Waals surface area contributed by atoms with E-state index in [1.54, 1.807) is 78.9 Å². The van der Waals surface area contributed by atoms with Gasteiger partial charge in [0.2, 0.25) is 5.91 Å². The summed E-state index contributed by atoms with van der Waals surface area (Å²) < 4.78 is 0. The molecule has 240 valence electrons. The Morgan fingerprint density at radius 3 is 2.02 bits per heavy atom. The second-order valence-corrected chi connectivity index (χ2v) is 12.3. The summed E-state index contributed by atoms with van der Waals surface area (Å²) in [4.78, 5) is 52.1. The Morgan fingerprint density at radius 1 is 0.688 bits per heavy atom. The second-order valence-electron chi connectivity index (χ2n) is 10.3. The summed E-state index contributed by atoms with van der Waals surface area (Å²) in [6, 6.07) is 35.4. The van der Waals surface area contributed by atoms with Crippen LogP contribution in [0.3, 0.4) is 0 Å². The molecule has 0 fully saturated rings. The Hall–Kier alpha value is -5.35. The van der Waals surface area contributed by atoms with E-state index in [1.807, 2.05) is 30.3 Å². The van der Waals surface area contributed by atoms with E-state index in [2.05, 4.69) is 16.0 Å². The first-order valence-corrected chi connectivity index (χ1v) is 16.1. The van der Waals surface area contributed by atoms with Crippen molar-refractivity contribution in [3.05, 3.63) is 165 Å². The fourth-order valence-corrected chi connectivity index (χ4v) is 5.99. The lowest BCUT2D eigenvalue weighted by atomic mass is 10.1. The molecular formula is C37H27Cl2N3O5S. The van der Waals surface area contributed by atoms with Crippen molar-refractivity contribution in [2.45, 2.75) is 10.1 Å². The molecule has 5 aromatic carbocycles. The molecule has 11 heteroatoms. The van der Waals surface area contributed by atoms with Crippen molar-refractivity contribution < 1.29 is 24.3 Å². The average molecular weight is 697 g/mol. The largest absolute Gasteiger partial charge is 0.478 e. The van der Waals surface area contributed by atoms with E-state index in [0.29, 0.717) is 32.5 Å². The first kappa shape index (κ1) is 34.0. The molecule has 0 heterocycles. The third kappa shape index (κ3) is 9.13. The molecule has 0 aliphatic carbocycles. The second kappa shape index (κ2) is 16.0. The molecule has 1 unspecified atom stereocenters. The predicted octanol–water partition coefficient (Wildman–Crippen LogP) is 8.57. The van der Waals surface area contributed by atoms with Gasteiger partial charge in [0.15, 0.2) is 0 Å². The number of anilines is 2. The molecule has 48 heavy (non-hydrogen) atoms. The third-order valence-electron chi connectivity index (χ3n) is 6.87. The van der Waals surface area contributed by atoms with Crippen LogP contribution >= 0.6 is 35.0 Å². The van der Waals surface area contributed by atoms with E-state index in [4.69, 9.17) is 23.2 Å². The first-order valence-electron chi connectivity index (χ1n) is 14.5. The molecule has 0 aliphatic heterocycles. The zero-order valence-corrected chi connectivity index (χ0v) is 27.4. The van der Waals surface area contributed by atoms with Crippen LogP contribution in [0, 0.1) is 0 Å². The highest BCUT2D eigenvalue weighted by Gasteiger charge is 2.23. The summed E-state index contributed by atoms with van der Waals surface area (Å²) in [5.41, 5.74) is 2.41. The molecule has 5 rings (SSSR count). The Balaban J connectivity index is 1.34. The number of carbonyl (C=O) groups is 4. The summed E-state index contributed by atoms with van der Waals surface area (Å²) in [6.07, 6.45) is 1.47. The van der Waals surface area contributed by atoms with E-state index in [0.717, 1.165) is 10.5 Å². The van der Waals surface area contributed by atoms with Crippen molar-refractivity contribution in [3.8, 4) is 0 Å². The summed E-state index contributed by atoms with van der Waals surface area (Å²) in [5.74, 6) is -2.50. The third-order valence-corrected chi connectivity index (χ3v) is 8.70. The van der Waals surface area contributed by atoms with Crippen LogP contribution in [0.4, 0.5) is 11.4 Å². The first-order chi connectivity index (χ1) is 23.2. The number of thioether (sulfide) groups is 1. The number of hydrogen-bond donors (Lipinski definition) is 4. The number of carboxylic acids is 1. The number of amides is 3. The van der Waals surface area contributed by atoms with E-state index in [9.17, 15) is 24.3 Å². The molecule has 0 aromatic heterocycles. The Bertz CT molecular complexity index is 1990. The summed E-state index contributed by atoms with van der Waals surface area (Å²) in [7, 11) is 0. The van der Waals surface area contributed by atoms with Crippen molar-refractivity contribution in [3.63, 3.8) is 0 Å². The lowest BCUT2D eigenvalue weighted by molar-refractivity contribution is -0.116. The summed E-state index contributed by atoms with van der Waals surface area (Å²) in [5, 5.41) is 17.7. The minimum absolute atomic E-state index is 0.0423. The molecule has 0 saturated carbocycles. The van der Waals surface area contributed by atoms with E-state index in [-0.39, 0.29) is 17.2 Å². The standard InChI is InChI=1S/C37H27Cl2N3O5S/c38-27-15-14-25(31(39)22-27)21-32(42-34(43)24-10-5-2-6-11-24)35(44)40-28-16-18-30(19-17-28)48-33(23-8-3-1-4-9-23)36(45)41-29-13-7-12-26(20-29)37(46)47/h1-22,33H,(H,40,44)(H,41,45)(H,42,43)(H,46,47)/b32-21-. The monoisotopic (exact) mass is 695 g/mol. The SMILES string of the molecule is O=C(Nc1ccc(SC(C(=O)Nc2cccc(C(=O)O)c2)c2ccccc2)cc1)/C(=C/c1ccc(Cl)cc1Cl)NC(=O)c1ccccc1. The average Bonchev–Trinajstić information content (AvgIpc) is 3.09. The van der Waals surface area contributed by atoms with Gasteiger partial charge in [0.05, 0.1) is 5.56 Å². The van der Waals surface area contributed by atoms with Crippen molar-refractivity contribution in [1.29, 1.82) is 0 Å². The van der Waals surface area contributed by atoms with Gasteiger partial charge in [0.1, 0.15) is 10.9 Å². The molecule has 0 saturated heterocycles. The van der Waals surface area contributed by atoms with Crippen LogP contribution in [0.15, 0.2) is 138 Å². The maximum absolute atomic E-state index is 13.5. The maximum Gasteiger partial charge on any atom is 0.335 e. The zero-order valence-electron chi connectivity index (χ0n) is 25.0. The molecular weight excluding hydrogens is 669 g/mol. The smallest absolute Gasteiger partial charge is 0.335 e. The molecule has 8 nitrogen and oxygen atoms in total. The molecule has 0 radical (unpaired) electrons. The van der Waals surface area contributed by atoms with Crippen LogP contribution in [-0.4, -0.2) is 28.8 Å². The molecule has 0 aliphatic rings. The van der Waals surface area contributed by atoms with Gasteiger partial charge >= 0.3 is 5.97 Å². The number of halogens is 2. The lowest BCUT2D eigenvalue weighted by Gasteiger charge is -2.18. The molecule has 0 spiro atoms. The number of aromatic carboxylic acids is 1. The number of nitrogens with one attached hydrogen (secondary N) is 3. The van der Waals surface area contributed by atoms with Gasteiger partial charge < -0.3 is 21.1 Å². The van der Waals surface area contributed by atoms with Gasteiger partial charge in [-0.15, -0.1) is 11.8 Å². The van der Waals surface area contributed by atoms with Crippen LogP contribution in [0.1, 0.15) is 37.1 Å². The van der Waals surface area contributed by atoms with Crippen LogP contribution in [0.2, 0.25) is 10.0 Å². The Kier molecular flexibility index (Phi) is 11.3. The van der Waals surface area contributed by atoms with Crippen molar-refractivity contribution in [1.82, 2.24) is 5.32 Å². The van der Waals surface area contributed by atoms with Crippen LogP contribution in [-0.2, 0) is 9.59 Å². The molecule has 1 atom stereocenters. The predicted molar refractivity (Wildman–Crippen MR) is 190 cm³/mol. The highest BCUT2D eigenvalue weighted by Crippen LogP contribution is 2.37. The van der Waals surface area contributed by atoms with Crippen LogP contribution < -0.4 is 16.0 Å². The van der Waals surface area contributed by atoms with Crippen molar-refractivity contribution in [2.24, 2.45) is 0 Å². The van der Waals surface area contributed by atoms with E-state index in [1.165, 1.54) is 36.0 Å². The van der Waals surface area contributed by atoms with E-state index >= 15 is 0 Å². The maximum atomic E-state index is 13.5. The van der Waals surface area contributed by atoms with Gasteiger partial charge in [-0.25, -0.2) is 4.79 Å². The van der Waals surface area contributed by atoms with Crippen LogP contribution in [0.25, 0.3) is 6.08 Å². The number of carboxylic acid groups (broad SMARTS) is 1. The normalized spacial score (nSPS) is 11.7. The highest BCUT2D eigenvalue weighted by molar-refractivity contribution is 8.00. The van der Waals surface area contributed by atoms with Crippen molar-refractivity contribution in [2.75, 3.05) is 10.6 Å². The lowest BCUT2D eigenvalue weighted by Crippen LogP contribution is -2.30. The van der Waals surface area contributed by atoms with Gasteiger partial charge in [0, 0.05) is 31.9 Å². The summed E-state index contributed by atoms with van der Waals surface area (Å²) in [6.45, 7) is 0. The fraction of sp³-hybridized carbons (Fsp3) is 0.0270. The highest BCUT2D eigenvalue weighted by atomic mass is 35.5. The van der Waals surface area contributed by atoms with Gasteiger partial charge in [-0.3, -0.25) is 14.4 Å².